The minimum absolute atomic E-state index is 0. The van der Waals surface area contributed by atoms with Gasteiger partial charge in [0.2, 0.25) is 0 Å². The summed E-state index contributed by atoms with van der Waals surface area (Å²) in [4.78, 5) is 31.1. The van der Waals surface area contributed by atoms with Gasteiger partial charge in [0.1, 0.15) is 0 Å². The van der Waals surface area contributed by atoms with Crippen molar-refractivity contribution in [2.24, 2.45) is 0 Å². The summed E-state index contributed by atoms with van der Waals surface area (Å²) in [6.45, 7) is 0. The lowest BCUT2D eigenvalue weighted by Crippen LogP contribution is -2.27. The zero-order valence-corrected chi connectivity index (χ0v) is 33.8. The number of carbonyl (C=O) groups is 2. The standard InChI is InChI=1S/C16H13Cl2F3N2O4S.C14H8Cl2F3NO4S.C2H7NO.CH4/c1-23(27-2)15(24)11-5-3-9(17)7-14(11)22-28(25,26)10-4-6-13(18)12(8-10)16(19,20)21;15-7-1-3-9(13(21)22)12(5-7)20-25(23,24)8-2-4-11(16)10(6-8)14(17,18)19;1-3-4-2;/h3-8,22H,1-2H3;1-6,20H,(H,21,22);3H,1-2H3;1H4. The van der Waals surface area contributed by atoms with Crippen LogP contribution in [0.5, 0.6) is 0 Å². The van der Waals surface area contributed by atoms with Crippen molar-refractivity contribution in [3.63, 3.8) is 0 Å². The topological polar surface area (TPSA) is 180 Å². The second-order valence-corrected chi connectivity index (χ2v) is 15.6. The summed E-state index contributed by atoms with van der Waals surface area (Å²) in [5.41, 5.74) is -1.37. The Hall–Kier alpha value is -4.06. The normalized spacial score (nSPS) is 11.5. The highest BCUT2D eigenvalue weighted by molar-refractivity contribution is 7.93. The highest BCUT2D eigenvalue weighted by Crippen LogP contribution is 2.38. The molecule has 0 spiro atoms. The van der Waals surface area contributed by atoms with E-state index in [1.807, 2.05) is 4.72 Å². The number of rotatable bonds is 10. The fraction of sp³-hybridized carbons (Fsp3) is 0.212. The molecule has 0 aliphatic carbocycles. The molecule has 4 aromatic rings. The van der Waals surface area contributed by atoms with E-state index in [-0.39, 0.29) is 34.4 Å². The van der Waals surface area contributed by atoms with Crippen molar-refractivity contribution >= 4 is 89.7 Å². The molecule has 58 heavy (non-hydrogen) atoms. The number of amides is 1. The monoisotopic (exact) mass is 946 g/mol. The van der Waals surface area contributed by atoms with Crippen molar-refractivity contribution in [2.75, 3.05) is 37.8 Å². The van der Waals surface area contributed by atoms with E-state index >= 15 is 0 Å². The van der Waals surface area contributed by atoms with Crippen molar-refractivity contribution in [2.45, 2.75) is 29.6 Å². The van der Waals surface area contributed by atoms with Gasteiger partial charge >= 0.3 is 18.3 Å². The zero-order chi connectivity index (χ0) is 43.7. The summed E-state index contributed by atoms with van der Waals surface area (Å²) >= 11 is 22.5. The molecule has 25 heteroatoms. The minimum atomic E-state index is -4.86. The van der Waals surface area contributed by atoms with E-state index in [0.717, 1.165) is 47.5 Å². The molecule has 0 saturated carbocycles. The molecule has 0 heterocycles. The fourth-order valence-corrected chi connectivity index (χ4v) is 7.00. The van der Waals surface area contributed by atoms with Crippen molar-refractivity contribution in [3.8, 4) is 0 Å². The lowest BCUT2D eigenvalue weighted by Gasteiger charge is -2.18. The van der Waals surface area contributed by atoms with Gasteiger partial charge < -0.3 is 9.94 Å². The predicted molar refractivity (Wildman–Crippen MR) is 206 cm³/mol. The van der Waals surface area contributed by atoms with Gasteiger partial charge in [-0.3, -0.25) is 19.1 Å². The SMILES string of the molecule is C.CNOC.CON(C)C(=O)c1ccc(Cl)cc1NS(=O)(=O)c1ccc(Cl)c(C(F)(F)F)c1.O=C(O)c1ccc(Cl)cc1NS(=O)(=O)c1ccc(Cl)c(C(F)(F)F)c1. The van der Waals surface area contributed by atoms with Gasteiger partial charge in [-0.05, 0) is 72.8 Å². The van der Waals surface area contributed by atoms with Gasteiger partial charge in [-0.15, -0.1) is 0 Å². The summed E-state index contributed by atoms with van der Waals surface area (Å²) < 4.78 is 131. The number of nitrogens with zero attached hydrogens (tertiary/aromatic N) is 1. The third-order valence-corrected chi connectivity index (χ3v) is 10.6. The summed E-state index contributed by atoms with van der Waals surface area (Å²) in [7, 11) is -3.21. The van der Waals surface area contributed by atoms with Crippen LogP contribution in [-0.4, -0.2) is 67.2 Å². The van der Waals surface area contributed by atoms with E-state index in [0.29, 0.717) is 12.1 Å². The van der Waals surface area contributed by atoms with Gasteiger partial charge in [0, 0.05) is 24.1 Å². The van der Waals surface area contributed by atoms with Crippen molar-refractivity contribution in [1.82, 2.24) is 10.5 Å². The molecule has 0 saturated heterocycles. The van der Waals surface area contributed by atoms with Crippen molar-refractivity contribution in [3.05, 3.63) is 115 Å². The van der Waals surface area contributed by atoms with Crippen LogP contribution in [0, 0.1) is 0 Å². The average molecular weight is 949 g/mol. The quantitative estimate of drug-likeness (QED) is 0.0884. The van der Waals surface area contributed by atoms with Crippen LogP contribution in [0.25, 0.3) is 0 Å². The number of aromatic carboxylic acids is 1. The van der Waals surface area contributed by atoms with Gasteiger partial charge in [0.05, 0.1) is 67.7 Å². The molecule has 13 nitrogen and oxygen atoms in total. The van der Waals surface area contributed by atoms with Crippen LogP contribution in [0.4, 0.5) is 37.7 Å². The highest BCUT2D eigenvalue weighted by Gasteiger charge is 2.36. The molecule has 0 bridgehead atoms. The molecule has 320 valence electrons. The summed E-state index contributed by atoms with van der Waals surface area (Å²) in [6, 6.07) is 11.2. The van der Waals surface area contributed by atoms with Crippen molar-refractivity contribution in [1.29, 1.82) is 0 Å². The van der Waals surface area contributed by atoms with Crippen LogP contribution in [0.15, 0.2) is 82.6 Å². The van der Waals surface area contributed by atoms with Crippen molar-refractivity contribution < 1.29 is 67.5 Å². The lowest BCUT2D eigenvalue weighted by molar-refractivity contribution is -0.138. The van der Waals surface area contributed by atoms with E-state index in [9.17, 15) is 52.8 Å². The number of alkyl halides is 6. The van der Waals surface area contributed by atoms with Crippen LogP contribution < -0.4 is 14.9 Å². The van der Waals surface area contributed by atoms with Crippen LogP contribution in [0.2, 0.25) is 20.1 Å². The van der Waals surface area contributed by atoms with Crippen LogP contribution >= 0.6 is 46.4 Å². The fourth-order valence-electron chi connectivity index (χ4n) is 4.01. The van der Waals surface area contributed by atoms with E-state index in [1.54, 1.807) is 14.2 Å². The number of anilines is 2. The number of sulfonamides is 2. The van der Waals surface area contributed by atoms with Gasteiger partial charge in [-0.1, -0.05) is 53.8 Å². The summed E-state index contributed by atoms with van der Waals surface area (Å²) in [5, 5.41) is 8.73. The number of hydroxylamine groups is 3. The Morgan fingerprint density at radius 2 is 1.03 bits per heavy atom. The third-order valence-electron chi connectivity index (χ3n) is 6.78. The molecule has 4 N–H and O–H groups in total. The first kappa shape index (κ1) is 52.0. The Kier molecular flexibility index (Phi) is 19.1. The number of carboxylic acids is 1. The largest absolute Gasteiger partial charge is 0.478 e. The maximum absolute atomic E-state index is 13.0. The van der Waals surface area contributed by atoms with Gasteiger partial charge in [-0.25, -0.2) is 32.2 Å². The highest BCUT2D eigenvalue weighted by atomic mass is 35.5. The molecule has 0 aromatic heterocycles. The maximum atomic E-state index is 13.0. The molecule has 0 radical (unpaired) electrons. The molecule has 1 amide bonds. The molecular formula is C33H32Cl4F6N4O9S2. The number of hydrogen-bond donors (Lipinski definition) is 4. The van der Waals surface area contributed by atoms with Crippen LogP contribution in [0.3, 0.4) is 0 Å². The Morgan fingerprint density at radius 1 is 0.672 bits per heavy atom. The second-order valence-electron chi connectivity index (χ2n) is 10.6. The van der Waals surface area contributed by atoms with E-state index in [4.69, 9.17) is 56.3 Å². The molecule has 4 rings (SSSR count). The van der Waals surface area contributed by atoms with Crippen LogP contribution in [-0.2, 0) is 42.1 Å². The van der Waals surface area contributed by atoms with E-state index < -0.39 is 80.8 Å². The predicted octanol–water partition coefficient (Wildman–Crippen LogP) is 9.36. The average Bonchev–Trinajstić information content (AvgIpc) is 3.10. The number of carbonyl (C=O) groups excluding carboxylic acids is 1. The van der Waals surface area contributed by atoms with Crippen LogP contribution in [0.1, 0.15) is 39.3 Å². The summed E-state index contributed by atoms with van der Waals surface area (Å²) in [5.74, 6) is -2.15. The zero-order valence-electron chi connectivity index (χ0n) is 29.2. The number of benzene rings is 4. The Morgan fingerprint density at radius 3 is 1.36 bits per heavy atom. The molecule has 0 fully saturated rings. The number of halogens is 10. The molecular weight excluding hydrogens is 916 g/mol. The Balaban J connectivity index is 0.000000525. The Labute approximate surface area is 348 Å². The first-order chi connectivity index (χ1) is 26.2. The third kappa shape index (κ3) is 14.3. The molecule has 0 unspecified atom stereocenters. The first-order valence-electron chi connectivity index (χ1n) is 14.8. The first-order valence-corrected chi connectivity index (χ1v) is 19.3. The molecule has 0 aliphatic heterocycles. The summed E-state index contributed by atoms with van der Waals surface area (Å²) in [6.07, 6.45) is -9.70. The minimum Gasteiger partial charge on any atom is -0.478 e. The number of carboxylic acid groups (broad SMARTS) is 1. The van der Waals surface area contributed by atoms with Gasteiger partial charge in [-0.2, -0.15) is 26.3 Å². The van der Waals surface area contributed by atoms with Gasteiger partial charge in [0.25, 0.3) is 26.0 Å². The number of nitrogens with one attached hydrogen (secondary N) is 3. The molecule has 4 aromatic carbocycles. The lowest BCUT2D eigenvalue weighted by atomic mass is 10.1. The Bertz CT molecular complexity index is 2320. The molecule has 0 atom stereocenters. The van der Waals surface area contributed by atoms with E-state index in [2.05, 4.69) is 15.0 Å². The second kappa shape index (κ2) is 21.3. The van der Waals surface area contributed by atoms with Gasteiger partial charge in [0.15, 0.2) is 0 Å². The maximum Gasteiger partial charge on any atom is 0.417 e. The van der Waals surface area contributed by atoms with E-state index in [1.165, 1.54) is 32.4 Å². The number of hydrogen-bond acceptors (Lipinski definition) is 9. The smallest absolute Gasteiger partial charge is 0.417 e. The molecule has 0 aliphatic rings.